The van der Waals surface area contributed by atoms with E-state index in [1.165, 1.54) is 23.1 Å². The van der Waals surface area contributed by atoms with E-state index in [0.29, 0.717) is 33.5 Å². The van der Waals surface area contributed by atoms with E-state index in [0.717, 1.165) is 10.3 Å². The molecule has 0 aliphatic rings. The maximum atomic E-state index is 12.6. The van der Waals surface area contributed by atoms with Crippen molar-refractivity contribution >= 4 is 45.1 Å². The number of ether oxygens (including phenoxy) is 1. The molecule has 136 valence electrons. The highest BCUT2D eigenvalue weighted by Crippen LogP contribution is 2.34. The fourth-order valence-electron chi connectivity index (χ4n) is 2.76. The Morgan fingerprint density at radius 1 is 1.22 bits per heavy atom. The quantitative estimate of drug-likeness (QED) is 0.449. The van der Waals surface area contributed by atoms with Crippen molar-refractivity contribution in [1.82, 2.24) is 4.98 Å². The number of furan rings is 1. The van der Waals surface area contributed by atoms with E-state index in [9.17, 15) is 4.79 Å². The number of fused-ring (bicyclic) bond motifs is 1. The average Bonchev–Trinajstić information content (AvgIpc) is 3.34. The van der Waals surface area contributed by atoms with E-state index in [1.807, 2.05) is 54.1 Å². The monoisotopic (exact) mass is 396 g/mol. The van der Waals surface area contributed by atoms with Crippen LogP contribution in [0.15, 0.2) is 63.2 Å². The third-order valence-electron chi connectivity index (χ3n) is 4.06. The molecule has 0 radical (unpaired) electrons. The van der Waals surface area contributed by atoms with E-state index in [4.69, 9.17) is 9.15 Å². The Labute approximate surface area is 164 Å². The summed E-state index contributed by atoms with van der Waals surface area (Å²) in [6.45, 7) is 0. The second-order valence-electron chi connectivity index (χ2n) is 5.68. The lowest BCUT2D eigenvalue weighted by Gasteiger charge is -2.06. The highest BCUT2D eigenvalue weighted by atomic mass is 32.2. The minimum atomic E-state index is -0.174. The first-order valence-corrected chi connectivity index (χ1v) is 10.3. The lowest BCUT2D eigenvalue weighted by Crippen LogP contribution is -2.12. The van der Waals surface area contributed by atoms with Gasteiger partial charge in [0.2, 0.25) is 0 Å². The highest BCUT2D eigenvalue weighted by molar-refractivity contribution is 7.98. The smallest absolute Gasteiger partial charge is 0.258 e. The molecule has 1 amide bonds. The Kier molecular flexibility index (Phi) is 4.87. The van der Waals surface area contributed by atoms with Gasteiger partial charge in [-0.3, -0.25) is 10.1 Å². The molecule has 0 bridgehead atoms. The molecule has 5 nitrogen and oxygen atoms in total. The number of carbonyl (C=O) groups is 1. The van der Waals surface area contributed by atoms with Gasteiger partial charge in [-0.25, -0.2) is 4.98 Å². The number of methoxy groups -OCH3 is 1. The van der Waals surface area contributed by atoms with Crippen molar-refractivity contribution in [2.24, 2.45) is 0 Å². The summed E-state index contributed by atoms with van der Waals surface area (Å²) in [6.07, 6.45) is 1.95. The number of anilines is 1. The van der Waals surface area contributed by atoms with Crippen LogP contribution in [0, 0.1) is 0 Å². The number of benzene rings is 2. The van der Waals surface area contributed by atoms with E-state index < -0.39 is 0 Å². The zero-order valence-corrected chi connectivity index (χ0v) is 16.3. The highest BCUT2D eigenvalue weighted by Gasteiger charge is 2.15. The summed E-state index contributed by atoms with van der Waals surface area (Å²) in [6, 6.07) is 15.1. The third-order valence-corrected chi connectivity index (χ3v) is 5.61. The number of thioether (sulfide) groups is 1. The van der Waals surface area contributed by atoms with Gasteiger partial charge in [0, 0.05) is 15.7 Å². The Balaban J connectivity index is 1.59. The van der Waals surface area contributed by atoms with Crippen LogP contribution in [0.3, 0.4) is 0 Å². The van der Waals surface area contributed by atoms with Gasteiger partial charge in [-0.1, -0.05) is 24.3 Å². The summed E-state index contributed by atoms with van der Waals surface area (Å²) in [5.74, 6) is 1.14. The van der Waals surface area contributed by atoms with Crippen LogP contribution in [0.5, 0.6) is 5.75 Å². The standard InChI is InChI=1S/C20H16N2O3S2/c1-24-15-8-5-6-12-10-16(25-18(12)15)14-11-27-20(21-14)22-19(23)13-7-3-4-9-17(13)26-2/h3-11H,1-2H3,(H,21,22,23). The zero-order valence-electron chi connectivity index (χ0n) is 14.7. The molecule has 7 heteroatoms. The van der Waals surface area contributed by atoms with Gasteiger partial charge in [-0.15, -0.1) is 23.1 Å². The van der Waals surface area contributed by atoms with E-state index in [2.05, 4.69) is 10.3 Å². The summed E-state index contributed by atoms with van der Waals surface area (Å²) in [5.41, 5.74) is 1.99. The summed E-state index contributed by atoms with van der Waals surface area (Å²) in [7, 11) is 1.61. The zero-order chi connectivity index (χ0) is 18.8. The molecule has 0 unspecified atom stereocenters. The van der Waals surface area contributed by atoms with Crippen LogP contribution in [-0.2, 0) is 0 Å². The molecule has 4 rings (SSSR count). The van der Waals surface area contributed by atoms with Crippen LogP contribution in [0.4, 0.5) is 5.13 Å². The lowest BCUT2D eigenvalue weighted by atomic mass is 10.2. The van der Waals surface area contributed by atoms with Gasteiger partial charge < -0.3 is 9.15 Å². The molecule has 27 heavy (non-hydrogen) atoms. The molecule has 1 N–H and O–H groups in total. The molecule has 0 fully saturated rings. The number of hydrogen-bond donors (Lipinski definition) is 1. The van der Waals surface area contributed by atoms with Crippen molar-refractivity contribution in [1.29, 1.82) is 0 Å². The van der Waals surface area contributed by atoms with Crippen molar-refractivity contribution in [3.63, 3.8) is 0 Å². The van der Waals surface area contributed by atoms with E-state index in [1.54, 1.807) is 13.2 Å². The summed E-state index contributed by atoms with van der Waals surface area (Å²) >= 11 is 2.90. The molecule has 2 aromatic carbocycles. The predicted molar refractivity (Wildman–Crippen MR) is 110 cm³/mol. The van der Waals surface area contributed by atoms with Crippen LogP contribution in [0.25, 0.3) is 22.4 Å². The molecule has 0 aliphatic heterocycles. The first-order chi connectivity index (χ1) is 13.2. The molecule has 2 heterocycles. The number of nitrogens with one attached hydrogen (secondary N) is 1. The predicted octanol–water partition coefficient (Wildman–Crippen LogP) is 5.54. The first-order valence-electron chi connectivity index (χ1n) is 8.16. The number of thiazole rings is 1. The number of amides is 1. The summed E-state index contributed by atoms with van der Waals surface area (Å²) in [5, 5.41) is 6.20. The van der Waals surface area contributed by atoms with Gasteiger partial charge in [-0.05, 0) is 30.5 Å². The first kappa shape index (κ1) is 17.6. The molecule has 0 saturated heterocycles. The van der Waals surface area contributed by atoms with Gasteiger partial charge >= 0.3 is 0 Å². The van der Waals surface area contributed by atoms with Crippen LogP contribution in [-0.4, -0.2) is 24.3 Å². The molecular formula is C20H16N2O3S2. The molecule has 0 atom stereocenters. The van der Waals surface area contributed by atoms with Gasteiger partial charge in [0.15, 0.2) is 22.2 Å². The van der Waals surface area contributed by atoms with Crippen molar-refractivity contribution in [2.45, 2.75) is 4.90 Å². The molecule has 2 aromatic heterocycles. The fourth-order valence-corrected chi connectivity index (χ4v) is 4.05. The SMILES string of the molecule is COc1cccc2cc(-c3csc(NC(=O)c4ccccc4SC)n3)oc12. The molecule has 0 aliphatic carbocycles. The lowest BCUT2D eigenvalue weighted by molar-refractivity contribution is 0.102. The van der Waals surface area contributed by atoms with Crippen LogP contribution in [0.1, 0.15) is 10.4 Å². The Morgan fingerprint density at radius 2 is 2.07 bits per heavy atom. The van der Waals surface area contributed by atoms with Crippen molar-refractivity contribution in [2.75, 3.05) is 18.7 Å². The second kappa shape index (κ2) is 7.46. The number of rotatable bonds is 5. The number of hydrogen-bond acceptors (Lipinski definition) is 6. The van der Waals surface area contributed by atoms with Gasteiger partial charge in [0.1, 0.15) is 5.69 Å². The van der Waals surface area contributed by atoms with Gasteiger partial charge in [0.05, 0.1) is 12.7 Å². The van der Waals surface area contributed by atoms with Crippen molar-refractivity contribution in [3.8, 4) is 17.2 Å². The number of carbonyl (C=O) groups excluding carboxylic acids is 1. The summed E-state index contributed by atoms with van der Waals surface area (Å²) in [4.78, 5) is 18.0. The number of aromatic nitrogens is 1. The molecule has 4 aromatic rings. The normalized spacial score (nSPS) is 10.9. The Bertz CT molecular complexity index is 1120. The van der Waals surface area contributed by atoms with Crippen molar-refractivity contribution in [3.05, 3.63) is 59.5 Å². The largest absolute Gasteiger partial charge is 0.493 e. The maximum absolute atomic E-state index is 12.6. The topological polar surface area (TPSA) is 64.4 Å². The minimum Gasteiger partial charge on any atom is -0.493 e. The molecule has 0 spiro atoms. The van der Waals surface area contributed by atoms with Crippen LogP contribution >= 0.6 is 23.1 Å². The fraction of sp³-hybridized carbons (Fsp3) is 0.100. The maximum Gasteiger partial charge on any atom is 0.258 e. The van der Waals surface area contributed by atoms with E-state index >= 15 is 0 Å². The third kappa shape index (κ3) is 3.43. The molecular weight excluding hydrogens is 380 g/mol. The minimum absolute atomic E-state index is 0.174. The Hall–Kier alpha value is -2.77. The van der Waals surface area contributed by atoms with E-state index in [-0.39, 0.29) is 5.91 Å². The van der Waals surface area contributed by atoms with Gasteiger partial charge in [-0.2, -0.15) is 0 Å². The second-order valence-corrected chi connectivity index (χ2v) is 7.39. The molecule has 0 saturated carbocycles. The van der Waals surface area contributed by atoms with Crippen molar-refractivity contribution < 1.29 is 13.9 Å². The number of para-hydroxylation sites is 1. The van der Waals surface area contributed by atoms with Crippen LogP contribution < -0.4 is 10.1 Å². The number of nitrogens with zero attached hydrogens (tertiary/aromatic N) is 1. The van der Waals surface area contributed by atoms with Crippen LogP contribution in [0.2, 0.25) is 0 Å². The van der Waals surface area contributed by atoms with Gasteiger partial charge in [0.25, 0.3) is 5.91 Å². The Morgan fingerprint density at radius 3 is 2.89 bits per heavy atom. The summed E-state index contributed by atoms with van der Waals surface area (Å²) < 4.78 is 11.3. The average molecular weight is 396 g/mol.